The van der Waals surface area contributed by atoms with Gasteiger partial charge in [0.1, 0.15) is 0 Å². The van der Waals surface area contributed by atoms with Gasteiger partial charge in [-0.2, -0.15) is 0 Å². The zero-order chi connectivity index (χ0) is 8.36. The molecular weight excluding hydrogens is 132 g/mol. The minimum atomic E-state index is 1.18. The third-order valence-electron chi connectivity index (χ3n) is 1.67. The quantitative estimate of drug-likeness (QED) is 0.381. The van der Waals surface area contributed by atoms with Gasteiger partial charge >= 0.3 is 0 Å². The van der Waals surface area contributed by atoms with Crippen molar-refractivity contribution < 1.29 is 0 Å². The van der Waals surface area contributed by atoms with Crippen molar-refractivity contribution in [3.05, 3.63) is 18.6 Å². The van der Waals surface area contributed by atoms with Crippen LogP contribution in [-0.4, -0.2) is 0 Å². The second-order valence-electron chi connectivity index (χ2n) is 2.89. The van der Waals surface area contributed by atoms with Crippen molar-refractivity contribution >= 4 is 0 Å². The van der Waals surface area contributed by atoms with Gasteiger partial charge in [0.25, 0.3) is 0 Å². The fraction of sp³-hybridized carbons (Fsp3) is 0.727. The summed E-state index contributed by atoms with van der Waals surface area (Å²) in [5, 5.41) is 0. The Morgan fingerprint density at radius 3 is 2.36 bits per heavy atom. The zero-order valence-electron chi connectivity index (χ0n) is 7.97. The van der Waals surface area contributed by atoms with E-state index in [1.165, 1.54) is 38.5 Å². The van der Waals surface area contributed by atoms with Crippen LogP contribution < -0.4 is 0 Å². The van der Waals surface area contributed by atoms with E-state index in [0.717, 1.165) is 0 Å². The van der Waals surface area contributed by atoms with Gasteiger partial charge in [0.2, 0.25) is 0 Å². The van der Waals surface area contributed by atoms with Crippen molar-refractivity contribution in [1.29, 1.82) is 0 Å². The molecule has 65 valence electrons. The molecule has 0 unspecified atom stereocenters. The normalized spacial score (nSPS) is 11.1. The first kappa shape index (κ1) is 10.7. The summed E-state index contributed by atoms with van der Waals surface area (Å²) in [6.45, 7) is 4.41. The van der Waals surface area contributed by atoms with E-state index in [1.807, 2.05) is 0 Å². The maximum Gasteiger partial charge on any atom is -0.0351 e. The van der Waals surface area contributed by atoms with Crippen LogP contribution in [0, 0.1) is 6.42 Å². The van der Waals surface area contributed by atoms with Crippen LogP contribution in [-0.2, 0) is 0 Å². The molecule has 0 aliphatic rings. The van der Waals surface area contributed by atoms with Crippen LogP contribution in [0.3, 0.4) is 0 Å². The third kappa shape index (κ3) is 9.74. The fourth-order valence-corrected chi connectivity index (χ4v) is 1.01. The second-order valence-corrected chi connectivity index (χ2v) is 2.89. The molecule has 1 radical (unpaired) electrons. The first-order chi connectivity index (χ1) is 5.41. The molecular formula is C11H21. The number of rotatable bonds is 7. The molecule has 0 spiro atoms. The van der Waals surface area contributed by atoms with E-state index in [-0.39, 0.29) is 0 Å². The zero-order valence-corrected chi connectivity index (χ0v) is 7.97. The highest BCUT2D eigenvalue weighted by Gasteiger charge is 1.85. The Balaban J connectivity index is 2.85. The van der Waals surface area contributed by atoms with Crippen LogP contribution in [0.25, 0.3) is 0 Å². The molecule has 0 aromatic carbocycles. The molecule has 0 heteroatoms. The molecule has 0 rings (SSSR count). The first-order valence-corrected chi connectivity index (χ1v) is 4.88. The molecule has 0 N–H and O–H groups in total. The number of hydrogen-bond acceptors (Lipinski definition) is 0. The molecule has 0 heterocycles. The first-order valence-electron chi connectivity index (χ1n) is 4.88. The van der Waals surface area contributed by atoms with Crippen molar-refractivity contribution in [3.8, 4) is 0 Å². The van der Waals surface area contributed by atoms with Crippen LogP contribution in [0.4, 0.5) is 0 Å². The second kappa shape index (κ2) is 9.74. The summed E-state index contributed by atoms with van der Waals surface area (Å²) >= 11 is 0. The van der Waals surface area contributed by atoms with Crippen LogP contribution in [0.15, 0.2) is 12.2 Å². The van der Waals surface area contributed by atoms with E-state index >= 15 is 0 Å². The van der Waals surface area contributed by atoms with Crippen LogP contribution in [0.2, 0.25) is 0 Å². The summed E-state index contributed by atoms with van der Waals surface area (Å²) in [7, 11) is 0. The highest BCUT2D eigenvalue weighted by molar-refractivity contribution is 4.80. The Kier molecular flexibility index (Phi) is 9.51. The smallest absolute Gasteiger partial charge is 0.0351 e. The molecule has 0 saturated heterocycles. The number of unbranched alkanes of at least 4 members (excludes halogenated alkanes) is 5. The van der Waals surface area contributed by atoms with Gasteiger partial charge in [-0.3, -0.25) is 0 Å². The maximum atomic E-state index is 2.40. The van der Waals surface area contributed by atoms with E-state index in [1.54, 1.807) is 0 Å². The van der Waals surface area contributed by atoms with Gasteiger partial charge in [-0.1, -0.05) is 38.8 Å². The van der Waals surface area contributed by atoms with Gasteiger partial charge < -0.3 is 0 Å². The summed E-state index contributed by atoms with van der Waals surface area (Å²) in [5.74, 6) is 0. The molecule has 0 atom stereocenters. The largest absolute Gasteiger partial charge is 0.0888 e. The van der Waals surface area contributed by atoms with E-state index in [4.69, 9.17) is 0 Å². The molecule has 0 aromatic rings. The van der Waals surface area contributed by atoms with Crippen LogP contribution in [0.5, 0.6) is 0 Å². The Morgan fingerprint density at radius 2 is 1.73 bits per heavy atom. The van der Waals surface area contributed by atoms with E-state index in [2.05, 4.69) is 32.4 Å². The summed E-state index contributed by atoms with van der Waals surface area (Å²) in [5.41, 5.74) is 0. The highest BCUT2D eigenvalue weighted by Crippen LogP contribution is 2.04. The van der Waals surface area contributed by atoms with Crippen LogP contribution in [0.1, 0.15) is 52.4 Å². The van der Waals surface area contributed by atoms with Gasteiger partial charge in [0, 0.05) is 0 Å². The molecule has 11 heavy (non-hydrogen) atoms. The van der Waals surface area contributed by atoms with Crippen molar-refractivity contribution in [2.75, 3.05) is 0 Å². The molecule has 0 saturated carbocycles. The summed E-state index contributed by atoms with van der Waals surface area (Å²) in [6.07, 6.45) is 14.6. The lowest BCUT2D eigenvalue weighted by molar-refractivity contribution is 0.762. The summed E-state index contributed by atoms with van der Waals surface area (Å²) < 4.78 is 0. The Morgan fingerprint density at radius 1 is 0.909 bits per heavy atom. The summed E-state index contributed by atoms with van der Waals surface area (Å²) in [4.78, 5) is 0. The average Bonchev–Trinajstić information content (AvgIpc) is 2.03. The Labute approximate surface area is 71.7 Å². The lowest BCUT2D eigenvalue weighted by Gasteiger charge is -1.94. The Bertz CT molecular complexity index is 82.0. The summed E-state index contributed by atoms with van der Waals surface area (Å²) in [6, 6.07) is 0. The van der Waals surface area contributed by atoms with Crippen molar-refractivity contribution in [1.82, 2.24) is 0 Å². The molecule has 0 bridgehead atoms. The molecule has 0 nitrogen and oxygen atoms in total. The SMILES string of the molecule is CC/C=C/CCC[CH]CCC. The third-order valence-corrected chi connectivity index (χ3v) is 1.67. The molecule has 0 fully saturated rings. The highest BCUT2D eigenvalue weighted by atomic mass is 13.9. The topological polar surface area (TPSA) is 0 Å². The van der Waals surface area contributed by atoms with Gasteiger partial charge in [-0.25, -0.2) is 0 Å². The predicted molar refractivity (Wildman–Crippen MR) is 52.5 cm³/mol. The van der Waals surface area contributed by atoms with Crippen molar-refractivity contribution in [2.24, 2.45) is 0 Å². The maximum absolute atomic E-state index is 2.40. The standard InChI is InChI=1S/C11H21/c1-3-5-7-9-11-10-8-6-4-2/h5,7-8H,3-4,6,9-11H2,1-2H3/b7-5+. The van der Waals surface area contributed by atoms with Gasteiger partial charge in [-0.05, 0) is 32.1 Å². The van der Waals surface area contributed by atoms with Gasteiger partial charge in [-0.15, -0.1) is 0 Å². The number of allylic oxidation sites excluding steroid dienone is 2. The Hall–Kier alpha value is -0.260. The lowest BCUT2D eigenvalue weighted by Crippen LogP contribution is -1.76. The van der Waals surface area contributed by atoms with E-state index < -0.39 is 0 Å². The lowest BCUT2D eigenvalue weighted by atomic mass is 10.1. The van der Waals surface area contributed by atoms with Crippen LogP contribution >= 0.6 is 0 Å². The van der Waals surface area contributed by atoms with Gasteiger partial charge in [0.15, 0.2) is 0 Å². The predicted octanol–water partition coefficient (Wildman–Crippen LogP) is 4.13. The van der Waals surface area contributed by atoms with E-state index in [9.17, 15) is 0 Å². The molecule has 0 aromatic heterocycles. The molecule has 0 aliphatic heterocycles. The molecule has 0 aliphatic carbocycles. The van der Waals surface area contributed by atoms with Gasteiger partial charge in [0.05, 0.1) is 0 Å². The number of hydrogen-bond donors (Lipinski definition) is 0. The molecule has 0 amide bonds. The van der Waals surface area contributed by atoms with E-state index in [0.29, 0.717) is 0 Å². The fourth-order valence-electron chi connectivity index (χ4n) is 1.01. The minimum Gasteiger partial charge on any atom is -0.0888 e. The minimum absolute atomic E-state index is 1.18. The average molecular weight is 153 g/mol. The monoisotopic (exact) mass is 153 g/mol. The van der Waals surface area contributed by atoms with Crippen molar-refractivity contribution in [2.45, 2.75) is 52.4 Å². The van der Waals surface area contributed by atoms with Crippen molar-refractivity contribution in [3.63, 3.8) is 0 Å².